The van der Waals surface area contributed by atoms with Gasteiger partial charge in [-0.15, -0.1) is 0 Å². The lowest BCUT2D eigenvalue weighted by Crippen LogP contribution is -2.48. The van der Waals surface area contributed by atoms with Crippen LogP contribution in [-0.4, -0.2) is 10.9 Å². The molecule has 0 N–H and O–H groups in total. The molecule has 0 saturated heterocycles. The van der Waals surface area contributed by atoms with E-state index in [4.69, 9.17) is 5.26 Å². The summed E-state index contributed by atoms with van der Waals surface area (Å²) in [6.45, 7) is 1.99. The zero-order chi connectivity index (χ0) is 11.8. The van der Waals surface area contributed by atoms with Gasteiger partial charge in [-0.3, -0.25) is 4.98 Å². The van der Waals surface area contributed by atoms with Crippen molar-refractivity contribution in [2.75, 3.05) is 0 Å². The summed E-state index contributed by atoms with van der Waals surface area (Å²) in [6, 6.07) is 5.52. The average Bonchev–Trinajstić information content (AvgIpc) is 2.25. The lowest BCUT2D eigenvalue weighted by atomic mass is 9.65. The highest BCUT2D eigenvalue weighted by Crippen LogP contribution is 2.52. The summed E-state index contributed by atoms with van der Waals surface area (Å²) in [5.74, 6) is -2.71. The Morgan fingerprint density at radius 2 is 2.12 bits per heavy atom. The van der Waals surface area contributed by atoms with Gasteiger partial charge in [0.2, 0.25) is 0 Å². The summed E-state index contributed by atoms with van der Waals surface area (Å²) >= 11 is 0. The first-order chi connectivity index (χ1) is 7.51. The minimum absolute atomic E-state index is 0.408. The SMILES string of the molecule is CCc1ccc(C2(C#N)CC(F)(F)C2)nc1. The summed E-state index contributed by atoms with van der Waals surface area (Å²) in [6.07, 6.45) is 1.69. The molecule has 1 aromatic rings. The van der Waals surface area contributed by atoms with E-state index in [0.29, 0.717) is 5.69 Å². The number of hydrogen-bond donors (Lipinski definition) is 0. The molecule has 0 amide bonds. The lowest BCUT2D eigenvalue weighted by molar-refractivity contribution is -0.110. The number of alkyl halides is 2. The summed E-state index contributed by atoms with van der Waals surface area (Å²) in [5.41, 5.74) is 0.441. The number of nitriles is 1. The molecule has 0 spiro atoms. The highest BCUT2D eigenvalue weighted by atomic mass is 19.3. The van der Waals surface area contributed by atoms with Gasteiger partial charge in [-0.25, -0.2) is 8.78 Å². The molecule has 1 fully saturated rings. The van der Waals surface area contributed by atoms with Crippen LogP contribution in [-0.2, 0) is 11.8 Å². The van der Waals surface area contributed by atoms with Crippen LogP contribution in [0.5, 0.6) is 0 Å². The summed E-state index contributed by atoms with van der Waals surface area (Å²) < 4.78 is 25.7. The van der Waals surface area contributed by atoms with Crippen molar-refractivity contribution >= 4 is 0 Å². The number of aryl methyl sites for hydroxylation is 1. The van der Waals surface area contributed by atoms with E-state index in [-0.39, 0.29) is 0 Å². The van der Waals surface area contributed by atoms with E-state index in [1.807, 2.05) is 19.1 Å². The van der Waals surface area contributed by atoms with E-state index in [2.05, 4.69) is 4.98 Å². The van der Waals surface area contributed by atoms with Crippen molar-refractivity contribution in [2.24, 2.45) is 0 Å². The molecular weight excluding hydrogens is 210 g/mol. The maximum absolute atomic E-state index is 12.9. The Bertz CT molecular complexity index is 423. The number of halogens is 2. The van der Waals surface area contributed by atoms with Gasteiger partial charge in [0.1, 0.15) is 5.41 Å². The topological polar surface area (TPSA) is 36.7 Å². The van der Waals surface area contributed by atoms with Crippen LogP contribution in [0.1, 0.15) is 31.0 Å². The van der Waals surface area contributed by atoms with Crippen molar-refractivity contribution in [3.05, 3.63) is 29.6 Å². The Morgan fingerprint density at radius 3 is 2.50 bits per heavy atom. The van der Waals surface area contributed by atoms with Crippen molar-refractivity contribution in [3.8, 4) is 6.07 Å². The molecule has 1 aromatic heterocycles. The Morgan fingerprint density at radius 1 is 1.44 bits per heavy atom. The monoisotopic (exact) mass is 222 g/mol. The normalized spacial score (nSPS) is 20.9. The van der Waals surface area contributed by atoms with Crippen molar-refractivity contribution in [2.45, 2.75) is 37.5 Å². The molecule has 1 heterocycles. The highest BCUT2D eigenvalue weighted by Gasteiger charge is 2.58. The largest absolute Gasteiger partial charge is 0.259 e. The number of aromatic nitrogens is 1. The van der Waals surface area contributed by atoms with Crippen LogP contribution in [0.2, 0.25) is 0 Å². The highest BCUT2D eigenvalue weighted by molar-refractivity contribution is 5.33. The summed E-state index contributed by atoms with van der Waals surface area (Å²) in [5, 5.41) is 9.03. The second-order valence-electron chi connectivity index (χ2n) is 4.31. The van der Waals surface area contributed by atoms with Crippen LogP contribution in [0.25, 0.3) is 0 Å². The average molecular weight is 222 g/mol. The van der Waals surface area contributed by atoms with Crippen LogP contribution >= 0.6 is 0 Å². The molecule has 0 unspecified atom stereocenters. The molecule has 84 valence electrons. The number of pyridine rings is 1. The molecule has 2 nitrogen and oxygen atoms in total. The molecule has 0 atom stereocenters. The third-order valence-electron chi connectivity index (χ3n) is 3.06. The van der Waals surface area contributed by atoms with Gasteiger partial charge in [0.15, 0.2) is 0 Å². The fourth-order valence-electron chi connectivity index (χ4n) is 2.07. The molecule has 2 rings (SSSR count). The quantitative estimate of drug-likeness (QED) is 0.771. The molecular formula is C12H12F2N2. The first kappa shape index (κ1) is 11.0. The van der Waals surface area contributed by atoms with Crippen molar-refractivity contribution in [3.63, 3.8) is 0 Å². The molecule has 1 aliphatic carbocycles. The number of nitrogens with zero attached hydrogens (tertiary/aromatic N) is 2. The van der Waals surface area contributed by atoms with E-state index >= 15 is 0 Å². The minimum Gasteiger partial charge on any atom is -0.259 e. The Kier molecular flexibility index (Phi) is 2.42. The zero-order valence-electron chi connectivity index (χ0n) is 9.00. The number of rotatable bonds is 2. The van der Waals surface area contributed by atoms with Crippen LogP contribution in [0.4, 0.5) is 8.78 Å². The fourth-order valence-corrected chi connectivity index (χ4v) is 2.07. The molecule has 16 heavy (non-hydrogen) atoms. The zero-order valence-corrected chi connectivity index (χ0v) is 9.00. The van der Waals surface area contributed by atoms with Crippen molar-refractivity contribution in [1.29, 1.82) is 5.26 Å². The first-order valence-electron chi connectivity index (χ1n) is 5.26. The second kappa shape index (κ2) is 3.51. The fraction of sp³-hybridized carbons (Fsp3) is 0.500. The van der Waals surface area contributed by atoms with Crippen LogP contribution < -0.4 is 0 Å². The van der Waals surface area contributed by atoms with Gasteiger partial charge in [0.25, 0.3) is 5.92 Å². The minimum atomic E-state index is -2.71. The van der Waals surface area contributed by atoms with Crippen LogP contribution in [0.3, 0.4) is 0 Å². The first-order valence-corrected chi connectivity index (χ1v) is 5.26. The molecule has 0 bridgehead atoms. The third kappa shape index (κ3) is 1.67. The Labute approximate surface area is 92.9 Å². The summed E-state index contributed by atoms with van der Waals surface area (Å²) in [4.78, 5) is 4.12. The van der Waals surface area contributed by atoms with Gasteiger partial charge < -0.3 is 0 Å². The standard InChI is InChI=1S/C12H12F2N2/c1-2-9-3-4-10(16-5-9)11(8-15)6-12(13,14)7-11/h3-5H,2,6-7H2,1H3. The molecule has 1 saturated carbocycles. The van der Waals surface area contributed by atoms with Gasteiger partial charge in [-0.05, 0) is 18.1 Å². The molecule has 1 aliphatic rings. The smallest absolute Gasteiger partial charge is 0.252 e. The van der Waals surface area contributed by atoms with E-state index in [1.54, 1.807) is 12.3 Å². The molecule has 0 aliphatic heterocycles. The third-order valence-corrected chi connectivity index (χ3v) is 3.06. The maximum atomic E-state index is 12.9. The predicted octanol–water partition coefficient (Wildman–Crippen LogP) is 2.83. The number of hydrogen-bond acceptors (Lipinski definition) is 2. The molecule has 0 radical (unpaired) electrons. The van der Waals surface area contributed by atoms with Gasteiger partial charge in [-0.1, -0.05) is 13.0 Å². The van der Waals surface area contributed by atoms with Gasteiger partial charge in [0.05, 0.1) is 11.8 Å². The second-order valence-corrected chi connectivity index (χ2v) is 4.31. The Balaban J connectivity index is 2.27. The lowest BCUT2D eigenvalue weighted by Gasteiger charge is -2.41. The molecule has 0 aromatic carbocycles. The Hall–Kier alpha value is -1.50. The molecule has 4 heteroatoms. The van der Waals surface area contributed by atoms with E-state index in [1.165, 1.54) is 0 Å². The predicted molar refractivity (Wildman–Crippen MR) is 55.1 cm³/mol. The van der Waals surface area contributed by atoms with E-state index in [9.17, 15) is 8.78 Å². The van der Waals surface area contributed by atoms with Gasteiger partial charge in [-0.2, -0.15) is 5.26 Å². The summed E-state index contributed by atoms with van der Waals surface area (Å²) in [7, 11) is 0. The van der Waals surface area contributed by atoms with Gasteiger partial charge in [0, 0.05) is 19.0 Å². The van der Waals surface area contributed by atoms with Gasteiger partial charge >= 0.3 is 0 Å². The van der Waals surface area contributed by atoms with Crippen LogP contribution in [0, 0.1) is 11.3 Å². The van der Waals surface area contributed by atoms with E-state index in [0.717, 1.165) is 12.0 Å². The van der Waals surface area contributed by atoms with Crippen LogP contribution in [0.15, 0.2) is 18.3 Å². The van der Waals surface area contributed by atoms with Crippen molar-refractivity contribution < 1.29 is 8.78 Å². The van der Waals surface area contributed by atoms with Crippen molar-refractivity contribution in [1.82, 2.24) is 4.98 Å². The van der Waals surface area contributed by atoms with E-state index < -0.39 is 24.2 Å². The maximum Gasteiger partial charge on any atom is 0.252 e.